The highest BCUT2D eigenvalue weighted by Crippen LogP contribution is 2.37. The lowest BCUT2D eigenvalue weighted by atomic mass is 9.85. The van der Waals surface area contributed by atoms with Crippen LogP contribution in [0.3, 0.4) is 0 Å². The smallest absolute Gasteiger partial charge is 0.0595 e. The van der Waals surface area contributed by atoms with E-state index in [9.17, 15) is 0 Å². The van der Waals surface area contributed by atoms with Crippen LogP contribution in [-0.4, -0.2) is 32.2 Å². The molecule has 1 aliphatic heterocycles. The fraction of sp³-hybridized carbons (Fsp3) is 0.571. The molecular formula is C14H19Cl2NO. The molecule has 4 heteroatoms. The van der Waals surface area contributed by atoms with Crippen LogP contribution in [0.5, 0.6) is 0 Å². The number of methoxy groups -OCH3 is 1. The van der Waals surface area contributed by atoms with E-state index in [2.05, 4.69) is 18.0 Å². The van der Waals surface area contributed by atoms with Gasteiger partial charge in [-0.15, -0.1) is 0 Å². The molecule has 2 rings (SSSR count). The lowest BCUT2D eigenvalue weighted by Crippen LogP contribution is -2.37. The molecule has 0 bridgehead atoms. The minimum absolute atomic E-state index is 0.369. The zero-order chi connectivity index (χ0) is 13.1. The van der Waals surface area contributed by atoms with Crippen LogP contribution in [0.1, 0.15) is 24.4 Å². The molecule has 0 saturated carbocycles. The third kappa shape index (κ3) is 3.00. The summed E-state index contributed by atoms with van der Waals surface area (Å²) in [6, 6.07) is 6.31. The largest absolute Gasteiger partial charge is 0.384 e. The molecule has 1 saturated heterocycles. The van der Waals surface area contributed by atoms with Crippen molar-refractivity contribution >= 4 is 23.2 Å². The maximum Gasteiger partial charge on any atom is 0.0595 e. The average molecular weight is 288 g/mol. The van der Waals surface area contributed by atoms with Gasteiger partial charge in [-0.1, -0.05) is 29.3 Å². The van der Waals surface area contributed by atoms with Crippen molar-refractivity contribution in [1.82, 2.24) is 4.90 Å². The van der Waals surface area contributed by atoms with Gasteiger partial charge in [0.25, 0.3) is 0 Å². The maximum absolute atomic E-state index is 6.12. The molecule has 0 amide bonds. The molecule has 1 heterocycles. The van der Waals surface area contributed by atoms with E-state index in [1.807, 2.05) is 12.1 Å². The first-order valence-electron chi connectivity index (χ1n) is 6.27. The Hall–Kier alpha value is -0.280. The number of rotatable bonds is 3. The first kappa shape index (κ1) is 14.1. The maximum atomic E-state index is 6.12. The summed E-state index contributed by atoms with van der Waals surface area (Å²) in [6.45, 7) is 1.90. The molecule has 1 aromatic carbocycles. The van der Waals surface area contributed by atoms with Crippen LogP contribution >= 0.6 is 23.2 Å². The number of likely N-dealkylation sites (tertiary alicyclic amines) is 1. The summed E-state index contributed by atoms with van der Waals surface area (Å²) >= 11 is 12.1. The zero-order valence-corrected chi connectivity index (χ0v) is 12.3. The number of hydrogen-bond acceptors (Lipinski definition) is 2. The van der Waals surface area contributed by atoms with Crippen LogP contribution in [0.4, 0.5) is 0 Å². The van der Waals surface area contributed by atoms with Gasteiger partial charge in [0.15, 0.2) is 0 Å². The van der Waals surface area contributed by atoms with Crippen molar-refractivity contribution < 1.29 is 4.74 Å². The first-order chi connectivity index (χ1) is 8.63. The van der Waals surface area contributed by atoms with Crippen molar-refractivity contribution in [2.24, 2.45) is 5.92 Å². The molecule has 2 nitrogen and oxygen atoms in total. The second-order valence-electron chi connectivity index (χ2n) is 4.96. The molecule has 1 aromatic rings. The summed E-state index contributed by atoms with van der Waals surface area (Å²) in [5.41, 5.74) is 1.23. The number of hydrogen-bond donors (Lipinski definition) is 0. The van der Waals surface area contributed by atoms with Crippen molar-refractivity contribution in [3.05, 3.63) is 33.8 Å². The van der Waals surface area contributed by atoms with Gasteiger partial charge < -0.3 is 4.74 Å². The summed E-state index contributed by atoms with van der Waals surface area (Å²) < 4.78 is 5.35. The van der Waals surface area contributed by atoms with E-state index in [1.54, 1.807) is 7.11 Å². The van der Waals surface area contributed by atoms with Crippen LogP contribution < -0.4 is 0 Å². The second kappa shape index (κ2) is 6.25. The van der Waals surface area contributed by atoms with Gasteiger partial charge in [0.05, 0.1) is 16.7 Å². The molecule has 18 heavy (non-hydrogen) atoms. The highest BCUT2D eigenvalue weighted by molar-refractivity contribution is 6.42. The molecule has 2 atom stereocenters. The van der Waals surface area contributed by atoms with Crippen LogP contribution in [0.25, 0.3) is 0 Å². The van der Waals surface area contributed by atoms with E-state index in [0.717, 1.165) is 13.2 Å². The third-order valence-corrected chi connectivity index (χ3v) is 4.41. The minimum Gasteiger partial charge on any atom is -0.384 e. The Bertz CT molecular complexity index is 409. The van der Waals surface area contributed by atoms with E-state index in [-0.39, 0.29) is 0 Å². The van der Waals surface area contributed by atoms with Crippen LogP contribution in [0, 0.1) is 5.92 Å². The van der Waals surface area contributed by atoms with E-state index in [4.69, 9.17) is 27.9 Å². The van der Waals surface area contributed by atoms with Gasteiger partial charge in [0.1, 0.15) is 0 Å². The molecule has 0 radical (unpaired) electrons. The summed E-state index contributed by atoms with van der Waals surface area (Å²) in [6.07, 6.45) is 2.42. The van der Waals surface area contributed by atoms with Gasteiger partial charge in [0, 0.05) is 19.1 Å². The van der Waals surface area contributed by atoms with Gasteiger partial charge >= 0.3 is 0 Å². The highest BCUT2D eigenvalue weighted by Gasteiger charge is 2.30. The van der Waals surface area contributed by atoms with Crippen molar-refractivity contribution in [2.45, 2.75) is 18.9 Å². The van der Waals surface area contributed by atoms with Gasteiger partial charge in [0.2, 0.25) is 0 Å². The lowest BCUT2D eigenvalue weighted by Gasteiger charge is -2.39. The second-order valence-corrected chi connectivity index (χ2v) is 5.77. The summed E-state index contributed by atoms with van der Waals surface area (Å²) in [5, 5.41) is 1.24. The Morgan fingerprint density at radius 1 is 1.33 bits per heavy atom. The summed E-state index contributed by atoms with van der Waals surface area (Å²) in [5.74, 6) is 0.519. The zero-order valence-electron chi connectivity index (χ0n) is 10.8. The Morgan fingerprint density at radius 3 is 2.78 bits per heavy atom. The van der Waals surface area contributed by atoms with E-state index >= 15 is 0 Å². The normalized spacial score (nSPS) is 25.3. The predicted molar refractivity (Wildman–Crippen MR) is 76.4 cm³/mol. The number of ether oxygens (including phenoxy) is 1. The molecule has 1 fully saturated rings. The SMILES string of the molecule is COCC1CCCN(C)C1c1ccc(Cl)c(Cl)c1. The van der Waals surface area contributed by atoms with Gasteiger partial charge in [-0.3, -0.25) is 4.90 Å². The number of nitrogens with zero attached hydrogens (tertiary/aromatic N) is 1. The molecule has 0 N–H and O–H groups in total. The van der Waals surface area contributed by atoms with Crippen molar-refractivity contribution in [3.63, 3.8) is 0 Å². The predicted octanol–water partition coefficient (Wildman–Crippen LogP) is 4.02. The van der Waals surface area contributed by atoms with Gasteiger partial charge in [-0.25, -0.2) is 0 Å². The summed E-state index contributed by atoms with van der Waals surface area (Å²) in [4.78, 5) is 2.38. The third-order valence-electron chi connectivity index (χ3n) is 3.67. The Labute approximate surface area is 119 Å². The fourth-order valence-electron chi connectivity index (χ4n) is 2.87. The summed E-state index contributed by atoms with van der Waals surface area (Å²) in [7, 11) is 3.93. The molecular weight excluding hydrogens is 269 g/mol. The van der Waals surface area contributed by atoms with Crippen LogP contribution in [-0.2, 0) is 4.74 Å². The number of halogens is 2. The monoisotopic (exact) mass is 287 g/mol. The number of piperidine rings is 1. The van der Waals surface area contributed by atoms with Crippen molar-refractivity contribution in [3.8, 4) is 0 Å². The lowest BCUT2D eigenvalue weighted by molar-refractivity contribution is 0.0527. The van der Waals surface area contributed by atoms with E-state index in [1.165, 1.54) is 18.4 Å². The molecule has 0 spiro atoms. The van der Waals surface area contributed by atoms with Crippen LogP contribution in [0.2, 0.25) is 10.0 Å². The molecule has 0 aliphatic carbocycles. The molecule has 100 valence electrons. The van der Waals surface area contributed by atoms with Gasteiger partial charge in [-0.2, -0.15) is 0 Å². The molecule has 0 aromatic heterocycles. The quantitative estimate of drug-likeness (QED) is 0.833. The van der Waals surface area contributed by atoms with Crippen molar-refractivity contribution in [1.29, 1.82) is 0 Å². The topological polar surface area (TPSA) is 12.5 Å². The van der Waals surface area contributed by atoms with Crippen molar-refractivity contribution in [2.75, 3.05) is 27.3 Å². The Kier molecular flexibility index (Phi) is 4.91. The number of benzene rings is 1. The van der Waals surface area contributed by atoms with Gasteiger partial charge in [-0.05, 0) is 44.1 Å². The fourth-order valence-corrected chi connectivity index (χ4v) is 3.18. The molecule has 2 unspecified atom stereocenters. The Balaban J connectivity index is 2.28. The Morgan fingerprint density at radius 2 is 2.11 bits per heavy atom. The first-order valence-corrected chi connectivity index (χ1v) is 7.03. The van der Waals surface area contributed by atoms with E-state index < -0.39 is 0 Å². The minimum atomic E-state index is 0.369. The molecule has 1 aliphatic rings. The average Bonchev–Trinajstić information content (AvgIpc) is 2.34. The van der Waals surface area contributed by atoms with E-state index in [0.29, 0.717) is 22.0 Å². The standard InChI is InChI=1S/C14H19Cl2NO/c1-17-7-3-4-11(9-18-2)14(17)10-5-6-12(15)13(16)8-10/h5-6,8,11,14H,3-4,7,9H2,1-2H3. The van der Waals surface area contributed by atoms with Crippen LogP contribution in [0.15, 0.2) is 18.2 Å². The highest BCUT2D eigenvalue weighted by atomic mass is 35.5.